The number of furan rings is 1. The summed E-state index contributed by atoms with van der Waals surface area (Å²) in [7, 11) is 0. The van der Waals surface area contributed by atoms with Gasteiger partial charge in [-0.2, -0.15) is 8.78 Å². The number of benzene rings is 2. The van der Waals surface area contributed by atoms with Crippen LogP contribution in [0.1, 0.15) is 10.6 Å². The first-order chi connectivity index (χ1) is 14.3. The Morgan fingerprint density at radius 3 is 2.53 bits per heavy atom. The Kier molecular flexibility index (Phi) is 6.32. The van der Waals surface area contributed by atoms with E-state index in [1.54, 1.807) is 12.1 Å². The number of carbonyl (C=O) groups excluding carboxylic acids is 1. The van der Waals surface area contributed by atoms with Gasteiger partial charge in [-0.05, 0) is 42.5 Å². The third kappa shape index (κ3) is 4.94. The second-order valence-electron chi connectivity index (χ2n) is 5.72. The van der Waals surface area contributed by atoms with Crippen molar-refractivity contribution in [2.75, 3.05) is 5.32 Å². The number of hydrogen-bond donors (Lipinski definition) is 2. The van der Waals surface area contributed by atoms with Gasteiger partial charge in [0.05, 0.1) is 16.2 Å². The predicted molar refractivity (Wildman–Crippen MR) is 108 cm³/mol. The average Bonchev–Trinajstić information content (AvgIpc) is 3.19. The highest BCUT2D eigenvalue weighted by Crippen LogP contribution is 2.31. The molecule has 2 aromatic carbocycles. The third-order valence-corrected chi connectivity index (χ3v) is 3.98. The van der Waals surface area contributed by atoms with Crippen molar-refractivity contribution < 1.29 is 27.7 Å². The van der Waals surface area contributed by atoms with E-state index in [1.807, 2.05) is 0 Å². The number of halogens is 2. The van der Waals surface area contributed by atoms with Gasteiger partial charge >= 0.3 is 6.61 Å². The number of alkyl halides is 2. The first-order valence-electron chi connectivity index (χ1n) is 8.35. The van der Waals surface area contributed by atoms with E-state index >= 15 is 0 Å². The van der Waals surface area contributed by atoms with E-state index in [4.69, 9.17) is 16.6 Å². The summed E-state index contributed by atoms with van der Waals surface area (Å²) in [5.74, 6) is -0.906. The number of nitro groups is 1. The van der Waals surface area contributed by atoms with Crippen molar-refractivity contribution in [2.24, 2.45) is 0 Å². The monoisotopic (exact) mass is 433 g/mol. The van der Waals surface area contributed by atoms with Crippen LogP contribution in [-0.4, -0.2) is 22.6 Å². The number of rotatable bonds is 6. The molecule has 0 bridgehead atoms. The van der Waals surface area contributed by atoms with Gasteiger partial charge in [0.15, 0.2) is 10.9 Å². The molecule has 0 radical (unpaired) electrons. The molecule has 1 amide bonds. The summed E-state index contributed by atoms with van der Waals surface area (Å²) in [4.78, 5) is 22.9. The van der Waals surface area contributed by atoms with E-state index in [0.29, 0.717) is 0 Å². The van der Waals surface area contributed by atoms with Crippen LogP contribution >= 0.6 is 12.2 Å². The van der Waals surface area contributed by atoms with Crippen LogP contribution in [0.2, 0.25) is 0 Å². The number of anilines is 1. The fraction of sp³-hybridized carbons (Fsp3) is 0.0526. The van der Waals surface area contributed by atoms with Gasteiger partial charge in [0.2, 0.25) is 0 Å². The summed E-state index contributed by atoms with van der Waals surface area (Å²) in [6.07, 6.45) is 0. The smallest absolute Gasteiger partial charge is 0.387 e. The Bertz CT molecular complexity index is 1100. The number of amides is 1. The van der Waals surface area contributed by atoms with E-state index in [2.05, 4.69) is 15.4 Å². The summed E-state index contributed by atoms with van der Waals surface area (Å²) < 4.78 is 34.8. The molecule has 0 unspecified atom stereocenters. The van der Waals surface area contributed by atoms with Gasteiger partial charge in [-0.25, -0.2) is 0 Å². The van der Waals surface area contributed by atoms with Crippen LogP contribution in [0.3, 0.4) is 0 Å². The topological polar surface area (TPSA) is 107 Å². The zero-order chi connectivity index (χ0) is 21.7. The van der Waals surface area contributed by atoms with Crippen LogP contribution in [0, 0.1) is 10.1 Å². The largest absolute Gasteiger partial charge is 0.451 e. The lowest BCUT2D eigenvalue weighted by Crippen LogP contribution is -2.34. The van der Waals surface area contributed by atoms with Gasteiger partial charge < -0.3 is 14.5 Å². The molecule has 3 aromatic rings. The summed E-state index contributed by atoms with van der Waals surface area (Å²) in [6, 6.07) is 14.5. The highest BCUT2D eigenvalue weighted by atomic mass is 32.1. The standard InChI is InChI=1S/C19H13F2N3O5S/c20-18(21)29-15-8-4-2-6-12(15)22-19(30)23-17(25)16-10-9-14(28-16)11-5-1-3-7-13(11)24(26)27/h1-10,18H,(H2,22,23,25,30). The number of hydrogen-bond acceptors (Lipinski definition) is 6. The lowest BCUT2D eigenvalue weighted by molar-refractivity contribution is -0.384. The molecular weight excluding hydrogens is 420 g/mol. The number of nitrogens with zero attached hydrogens (tertiary/aromatic N) is 1. The van der Waals surface area contributed by atoms with Gasteiger partial charge in [0, 0.05) is 6.07 Å². The highest BCUT2D eigenvalue weighted by Gasteiger charge is 2.20. The number of ether oxygens (including phenoxy) is 1. The fourth-order valence-electron chi connectivity index (χ4n) is 2.53. The third-order valence-electron chi connectivity index (χ3n) is 3.77. The maximum Gasteiger partial charge on any atom is 0.387 e. The summed E-state index contributed by atoms with van der Waals surface area (Å²) >= 11 is 5.02. The molecule has 154 valence electrons. The normalized spacial score (nSPS) is 10.5. The Labute approximate surface area is 173 Å². The Morgan fingerprint density at radius 1 is 1.10 bits per heavy atom. The van der Waals surface area contributed by atoms with Gasteiger partial charge in [0.1, 0.15) is 11.5 Å². The minimum atomic E-state index is -3.03. The number of nitrogens with one attached hydrogen (secondary N) is 2. The number of para-hydroxylation sites is 3. The number of carbonyl (C=O) groups is 1. The Balaban J connectivity index is 1.71. The van der Waals surface area contributed by atoms with Crippen molar-refractivity contribution >= 4 is 34.6 Å². The summed E-state index contributed by atoms with van der Waals surface area (Å²) in [5, 5.41) is 15.9. The van der Waals surface area contributed by atoms with Crippen LogP contribution in [0.25, 0.3) is 11.3 Å². The molecule has 1 heterocycles. The maximum atomic E-state index is 12.5. The first-order valence-corrected chi connectivity index (χ1v) is 8.76. The molecule has 3 rings (SSSR count). The van der Waals surface area contributed by atoms with Crippen molar-refractivity contribution in [3.63, 3.8) is 0 Å². The zero-order valence-electron chi connectivity index (χ0n) is 15.0. The SMILES string of the molecule is O=C(NC(=S)Nc1ccccc1OC(F)F)c1ccc(-c2ccccc2[N+](=O)[O-])o1. The van der Waals surface area contributed by atoms with Crippen molar-refractivity contribution in [1.29, 1.82) is 0 Å². The minimum Gasteiger partial charge on any atom is -0.451 e. The molecule has 8 nitrogen and oxygen atoms in total. The average molecular weight is 433 g/mol. The van der Waals surface area contributed by atoms with Crippen molar-refractivity contribution in [3.05, 3.63) is 76.5 Å². The van der Waals surface area contributed by atoms with E-state index in [1.165, 1.54) is 48.5 Å². The molecule has 30 heavy (non-hydrogen) atoms. The van der Waals surface area contributed by atoms with Crippen LogP contribution in [0.15, 0.2) is 65.1 Å². The van der Waals surface area contributed by atoms with Crippen molar-refractivity contribution in [2.45, 2.75) is 6.61 Å². The molecule has 0 spiro atoms. The second-order valence-corrected chi connectivity index (χ2v) is 6.13. The molecule has 0 aliphatic heterocycles. The zero-order valence-corrected chi connectivity index (χ0v) is 15.8. The van der Waals surface area contributed by atoms with Crippen LogP contribution in [0.5, 0.6) is 5.75 Å². The molecule has 11 heteroatoms. The molecule has 0 fully saturated rings. The van der Waals surface area contributed by atoms with Crippen molar-refractivity contribution in [3.8, 4) is 17.1 Å². The van der Waals surface area contributed by atoms with Gasteiger partial charge in [-0.1, -0.05) is 24.3 Å². The molecule has 0 aliphatic carbocycles. The molecule has 0 saturated heterocycles. The first kappa shape index (κ1) is 20.9. The maximum absolute atomic E-state index is 12.5. The van der Waals surface area contributed by atoms with Gasteiger partial charge in [0.25, 0.3) is 11.6 Å². The van der Waals surface area contributed by atoms with E-state index in [-0.39, 0.29) is 39.3 Å². The number of nitro benzene ring substituents is 1. The minimum absolute atomic E-state index is 0.127. The molecule has 1 aromatic heterocycles. The van der Waals surface area contributed by atoms with E-state index in [0.717, 1.165) is 0 Å². The van der Waals surface area contributed by atoms with Gasteiger partial charge in [-0.15, -0.1) is 0 Å². The van der Waals surface area contributed by atoms with Crippen LogP contribution < -0.4 is 15.4 Å². The molecule has 0 saturated carbocycles. The predicted octanol–water partition coefficient (Wildman–Crippen LogP) is 4.58. The lowest BCUT2D eigenvalue weighted by Gasteiger charge is -2.13. The fourth-order valence-corrected chi connectivity index (χ4v) is 2.74. The second kappa shape index (κ2) is 9.09. The van der Waals surface area contributed by atoms with E-state index < -0.39 is 17.4 Å². The quantitative estimate of drug-likeness (QED) is 0.333. The lowest BCUT2D eigenvalue weighted by atomic mass is 10.1. The summed E-state index contributed by atoms with van der Waals surface area (Å²) in [5.41, 5.74) is 0.162. The van der Waals surface area contributed by atoms with Gasteiger partial charge in [-0.3, -0.25) is 20.2 Å². The Hall–Kier alpha value is -3.86. The summed E-state index contributed by atoms with van der Waals surface area (Å²) in [6.45, 7) is -3.03. The van der Waals surface area contributed by atoms with Crippen LogP contribution in [0.4, 0.5) is 20.2 Å². The molecule has 0 aliphatic rings. The Morgan fingerprint density at radius 2 is 1.80 bits per heavy atom. The molecule has 0 atom stereocenters. The highest BCUT2D eigenvalue weighted by molar-refractivity contribution is 7.80. The van der Waals surface area contributed by atoms with E-state index in [9.17, 15) is 23.7 Å². The molecule has 2 N–H and O–H groups in total. The number of thiocarbonyl (C=S) groups is 1. The molecular formula is C19H13F2N3O5S. The van der Waals surface area contributed by atoms with Crippen molar-refractivity contribution in [1.82, 2.24) is 5.32 Å². The van der Waals surface area contributed by atoms with Crippen LogP contribution in [-0.2, 0) is 0 Å².